The van der Waals surface area contributed by atoms with Crippen LogP contribution in [0.2, 0.25) is 0 Å². The number of carbonyl (C=O) groups is 1. The lowest BCUT2D eigenvalue weighted by Crippen LogP contribution is -2.31. The minimum Gasteiger partial charge on any atom is -0.439 e. The monoisotopic (exact) mass is 405 g/mol. The number of halogens is 3. The van der Waals surface area contributed by atoms with Gasteiger partial charge in [0.2, 0.25) is 11.8 Å². The molecule has 0 fully saturated rings. The molecule has 0 bridgehead atoms. The molecule has 1 aromatic carbocycles. The second-order valence-electron chi connectivity index (χ2n) is 6.47. The Balaban J connectivity index is 1.70. The van der Waals surface area contributed by atoms with Crippen molar-refractivity contribution in [3.63, 3.8) is 0 Å². The van der Waals surface area contributed by atoms with E-state index in [1.807, 2.05) is 0 Å². The molecule has 0 spiro atoms. The van der Waals surface area contributed by atoms with E-state index in [1.54, 1.807) is 37.3 Å². The van der Waals surface area contributed by atoms with Gasteiger partial charge in [0, 0.05) is 24.2 Å². The van der Waals surface area contributed by atoms with Gasteiger partial charge in [0.1, 0.15) is 5.75 Å². The molecule has 0 unspecified atom stereocenters. The summed E-state index contributed by atoms with van der Waals surface area (Å²) in [6.07, 6.45) is -4.28. The topological polar surface area (TPSA) is 84.3 Å². The van der Waals surface area contributed by atoms with E-state index in [2.05, 4.69) is 15.3 Å². The maximum atomic E-state index is 12.6. The van der Waals surface area contributed by atoms with Crippen molar-refractivity contribution in [2.45, 2.75) is 25.6 Å². The van der Waals surface area contributed by atoms with E-state index in [4.69, 9.17) is 4.74 Å². The zero-order valence-corrected chi connectivity index (χ0v) is 15.4. The molecular formula is C20H18F3N3O3. The second kappa shape index (κ2) is 8.44. The number of aliphatic hydroxyl groups is 1. The SMILES string of the molecule is C[C@@H](O)CNC(=O)Cc1ccc2cc(Oc3ccc(C(F)(F)F)cn3)ccc2n1. The predicted octanol–water partition coefficient (Wildman–Crippen LogP) is 3.48. The number of fused-ring (bicyclic) bond motifs is 1. The molecule has 152 valence electrons. The Morgan fingerprint density at radius 3 is 2.66 bits per heavy atom. The molecule has 0 saturated carbocycles. The summed E-state index contributed by atoms with van der Waals surface area (Å²) in [5.41, 5.74) is 0.356. The Kier molecular flexibility index (Phi) is 5.97. The molecule has 9 heteroatoms. The number of ether oxygens (including phenoxy) is 1. The van der Waals surface area contributed by atoms with Crippen molar-refractivity contribution in [1.82, 2.24) is 15.3 Å². The van der Waals surface area contributed by atoms with Crippen molar-refractivity contribution >= 4 is 16.8 Å². The van der Waals surface area contributed by atoms with Crippen LogP contribution >= 0.6 is 0 Å². The third kappa shape index (κ3) is 5.64. The largest absolute Gasteiger partial charge is 0.439 e. The van der Waals surface area contributed by atoms with E-state index in [9.17, 15) is 23.1 Å². The normalized spacial score (nSPS) is 12.6. The first-order valence-corrected chi connectivity index (χ1v) is 8.76. The molecule has 0 saturated heterocycles. The summed E-state index contributed by atoms with van der Waals surface area (Å²) in [6.45, 7) is 1.75. The molecule has 3 rings (SSSR count). The number of carbonyl (C=O) groups excluding carboxylic acids is 1. The third-order valence-corrected chi connectivity index (χ3v) is 3.94. The zero-order valence-electron chi connectivity index (χ0n) is 15.4. The molecule has 3 aromatic rings. The fourth-order valence-electron chi connectivity index (χ4n) is 2.53. The van der Waals surface area contributed by atoms with Gasteiger partial charge in [-0.2, -0.15) is 13.2 Å². The van der Waals surface area contributed by atoms with Gasteiger partial charge in [-0.25, -0.2) is 4.98 Å². The van der Waals surface area contributed by atoms with Crippen LogP contribution < -0.4 is 10.1 Å². The Labute approximate surface area is 164 Å². The lowest BCUT2D eigenvalue weighted by Gasteiger charge is -2.09. The number of amides is 1. The first-order chi connectivity index (χ1) is 13.7. The van der Waals surface area contributed by atoms with Crippen LogP contribution in [0, 0.1) is 0 Å². The number of hydrogen-bond acceptors (Lipinski definition) is 5. The number of alkyl halides is 3. The molecule has 29 heavy (non-hydrogen) atoms. The Morgan fingerprint density at radius 2 is 2.00 bits per heavy atom. The maximum Gasteiger partial charge on any atom is 0.417 e. The van der Waals surface area contributed by atoms with E-state index in [0.29, 0.717) is 23.2 Å². The molecule has 2 heterocycles. The summed E-state index contributed by atoms with van der Waals surface area (Å²) in [5, 5.41) is 12.5. The molecule has 2 N–H and O–H groups in total. The highest BCUT2D eigenvalue weighted by atomic mass is 19.4. The number of nitrogens with one attached hydrogen (secondary N) is 1. The second-order valence-corrected chi connectivity index (χ2v) is 6.47. The highest BCUT2D eigenvalue weighted by Crippen LogP contribution is 2.30. The van der Waals surface area contributed by atoms with Gasteiger partial charge in [-0.05, 0) is 37.3 Å². The van der Waals surface area contributed by atoms with Gasteiger partial charge in [-0.3, -0.25) is 9.78 Å². The summed E-state index contributed by atoms with van der Waals surface area (Å²) in [7, 11) is 0. The standard InChI is InChI=1S/C20H18F3N3O3/c1-12(27)10-24-18(28)9-15-4-2-13-8-16(5-6-17(13)26-15)29-19-7-3-14(11-25-19)20(21,22)23/h2-8,11-12,27H,9-10H2,1H3,(H,24,28)/t12-/m1/s1. The van der Waals surface area contributed by atoms with Crippen LogP contribution in [0.4, 0.5) is 13.2 Å². The van der Waals surface area contributed by atoms with Crippen molar-refractivity contribution < 1.29 is 27.8 Å². The number of nitrogens with zero attached hydrogens (tertiary/aromatic N) is 2. The number of aromatic nitrogens is 2. The van der Waals surface area contributed by atoms with Crippen LogP contribution in [0.3, 0.4) is 0 Å². The van der Waals surface area contributed by atoms with Crippen LogP contribution in [-0.4, -0.2) is 33.6 Å². The molecule has 1 atom stereocenters. The summed E-state index contributed by atoms with van der Waals surface area (Å²) < 4.78 is 43.3. The van der Waals surface area contributed by atoms with Crippen molar-refractivity contribution in [1.29, 1.82) is 0 Å². The van der Waals surface area contributed by atoms with Crippen molar-refractivity contribution in [3.05, 3.63) is 59.9 Å². The summed E-state index contributed by atoms with van der Waals surface area (Å²) in [5.74, 6) is 0.191. The van der Waals surface area contributed by atoms with Gasteiger partial charge < -0.3 is 15.2 Å². The fraction of sp³-hybridized carbons (Fsp3) is 0.250. The highest BCUT2D eigenvalue weighted by Gasteiger charge is 2.30. The lowest BCUT2D eigenvalue weighted by molar-refractivity contribution is -0.137. The van der Waals surface area contributed by atoms with Crippen LogP contribution in [0.5, 0.6) is 11.6 Å². The van der Waals surface area contributed by atoms with Gasteiger partial charge in [0.25, 0.3) is 0 Å². The fourth-order valence-corrected chi connectivity index (χ4v) is 2.53. The number of benzene rings is 1. The van der Waals surface area contributed by atoms with Gasteiger partial charge >= 0.3 is 6.18 Å². The summed E-state index contributed by atoms with van der Waals surface area (Å²) >= 11 is 0. The smallest absolute Gasteiger partial charge is 0.417 e. The molecule has 6 nitrogen and oxygen atoms in total. The third-order valence-electron chi connectivity index (χ3n) is 3.94. The van der Waals surface area contributed by atoms with Gasteiger partial charge in [-0.15, -0.1) is 0 Å². The maximum absolute atomic E-state index is 12.6. The predicted molar refractivity (Wildman–Crippen MR) is 99.5 cm³/mol. The number of aliphatic hydroxyl groups excluding tert-OH is 1. The van der Waals surface area contributed by atoms with E-state index >= 15 is 0 Å². The molecule has 1 amide bonds. The Morgan fingerprint density at radius 1 is 1.21 bits per heavy atom. The minimum atomic E-state index is -4.45. The van der Waals surface area contributed by atoms with E-state index in [1.165, 1.54) is 0 Å². The summed E-state index contributed by atoms with van der Waals surface area (Å²) in [4.78, 5) is 19.9. The van der Waals surface area contributed by atoms with Crippen molar-refractivity contribution in [2.75, 3.05) is 6.54 Å². The minimum absolute atomic E-state index is 0.0386. The van der Waals surface area contributed by atoms with Crippen molar-refractivity contribution in [2.24, 2.45) is 0 Å². The zero-order chi connectivity index (χ0) is 21.0. The van der Waals surface area contributed by atoms with E-state index < -0.39 is 17.8 Å². The molecule has 0 aliphatic rings. The quantitative estimate of drug-likeness (QED) is 0.656. The van der Waals surface area contributed by atoms with Crippen molar-refractivity contribution in [3.8, 4) is 11.6 Å². The summed E-state index contributed by atoms with van der Waals surface area (Å²) in [6, 6.07) is 10.5. The van der Waals surface area contributed by atoms with Crippen LogP contribution in [0.15, 0.2) is 48.7 Å². The molecule has 0 radical (unpaired) electrons. The van der Waals surface area contributed by atoms with Crippen LogP contribution in [0.25, 0.3) is 10.9 Å². The molecule has 0 aliphatic carbocycles. The van der Waals surface area contributed by atoms with Gasteiger partial charge in [0.05, 0.1) is 29.3 Å². The number of hydrogen-bond donors (Lipinski definition) is 2. The van der Waals surface area contributed by atoms with Gasteiger partial charge in [-0.1, -0.05) is 6.07 Å². The van der Waals surface area contributed by atoms with E-state index in [-0.39, 0.29) is 24.8 Å². The number of rotatable bonds is 6. The Bertz CT molecular complexity index is 1010. The first-order valence-electron chi connectivity index (χ1n) is 8.76. The average molecular weight is 405 g/mol. The average Bonchev–Trinajstić information content (AvgIpc) is 2.66. The molecule has 0 aliphatic heterocycles. The van der Waals surface area contributed by atoms with Gasteiger partial charge in [0.15, 0.2) is 0 Å². The van der Waals surface area contributed by atoms with Crippen LogP contribution in [0.1, 0.15) is 18.2 Å². The Hall–Kier alpha value is -3.20. The lowest BCUT2D eigenvalue weighted by atomic mass is 10.1. The first kappa shape index (κ1) is 20.5. The van der Waals surface area contributed by atoms with E-state index in [0.717, 1.165) is 17.5 Å². The van der Waals surface area contributed by atoms with Crippen LogP contribution in [-0.2, 0) is 17.4 Å². The highest BCUT2D eigenvalue weighted by molar-refractivity contribution is 5.82. The molecular weight excluding hydrogens is 387 g/mol. The number of pyridine rings is 2. The molecule has 2 aromatic heterocycles.